The number of nitrogens with two attached hydrogens (primary N) is 1. The highest BCUT2D eigenvalue weighted by molar-refractivity contribution is 5.38. The zero-order chi connectivity index (χ0) is 17.2. The Kier molecular flexibility index (Phi) is 4.80. The highest BCUT2D eigenvalue weighted by Crippen LogP contribution is 2.32. The molecular formula is C22H30N2. The maximum atomic E-state index is 6.22. The summed E-state index contributed by atoms with van der Waals surface area (Å²) in [5, 5.41) is 3.78. The molecule has 0 spiro atoms. The van der Waals surface area contributed by atoms with Crippen molar-refractivity contribution in [3.8, 4) is 0 Å². The minimum Gasteiger partial charge on any atom is -0.329 e. The van der Waals surface area contributed by atoms with Gasteiger partial charge in [-0.25, -0.2) is 0 Å². The second-order valence-corrected chi connectivity index (χ2v) is 8.23. The van der Waals surface area contributed by atoms with E-state index in [1.807, 2.05) is 0 Å². The summed E-state index contributed by atoms with van der Waals surface area (Å²) in [6.07, 6.45) is 3.24. The third kappa shape index (κ3) is 3.71. The molecule has 0 saturated heterocycles. The minimum absolute atomic E-state index is 0.0132. The van der Waals surface area contributed by atoms with Gasteiger partial charge in [-0.05, 0) is 46.9 Å². The molecule has 0 bridgehead atoms. The first kappa shape index (κ1) is 17.2. The van der Waals surface area contributed by atoms with E-state index in [9.17, 15) is 0 Å². The molecule has 1 unspecified atom stereocenters. The number of rotatable bonds is 4. The van der Waals surface area contributed by atoms with Crippen LogP contribution >= 0.6 is 0 Å². The van der Waals surface area contributed by atoms with Crippen LogP contribution in [0.3, 0.4) is 0 Å². The third-order valence-corrected chi connectivity index (χ3v) is 5.38. The SMILES string of the molecule is CC(C)(C)c1ccc2c(c1)CC(CN)(NCc1ccccc1)CC2. The molecule has 2 aromatic rings. The average Bonchev–Trinajstić information content (AvgIpc) is 2.59. The molecule has 3 N–H and O–H groups in total. The number of fused-ring (bicyclic) bond motifs is 1. The van der Waals surface area contributed by atoms with Gasteiger partial charge in [0.25, 0.3) is 0 Å². The van der Waals surface area contributed by atoms with Crippen LogP contribution in [0.5, 0.6) is 0 Å². The molecule has 2 nitrogen and oxygen atoms in total. The van der Waals surface area contributed by atoms with E-state index in [2.05, 4.69) is 74.6 Å². The molecule has 0 fully saturated rings. The Morgan fingerprint density at radius 1 is 1.04 bits per heavy atom. The Hall–Kier alpha value is -1.64. The summed E-state index contributed by atoms with van der Waals surface area (Å²) in [6.45, 7) is 8.40. The number of benzene rings is 2. The van der Waals surface area contributed by atoms with Gasteiger partial charge in [-0.2, -0.15) is 0 Å². The summed E-state index contributed by atoms with van der Waals surface area (Å²) in [6, 6.07) is 17.6. The van der Waals surface area contributed by atoms with Crippen molar-refractivity contribution in [1.82, 2.24) is 5.32 Å². The number of nitrogens with one attached hydrogen (secondary N) is 1. The largest absolute Gasteiger partial charge is 0.329 e. The third-order valence-electron chi connectivity index (χ3n) is 5.38. The molecule has 1 atom stereocenters. The first-order valence-corrected chi connectivity index (χ1v) is 9.03. The van der Waals surface area contributed by atoms with Crippen LogP contribution in [0.1, 0.15) is 49.4 Å². The molecule has 1 aliphatic rings. The Morgan fingerprint density at radius 2 is 1.79 bits per heavy atom. The Balaban J connectivity index is 1.80. The van der Waals surface area contributed by atoms with Gasteiger partial charge in [-0.1, -0.05) is 69.3 Å². The highest BCUT2D eigenvalue weighted by Gasteiger charge is 2.33. The van der Waals surface area contributed by atoms with E-state index >= 15 is 0 Å². The molecule has 0 aliphatic heterocycles. The normalized spacial score (nSPS) is 20.7. The van der Waals surface area contributed by atoms with Crippen molar-refractivity contribution in [3.63, 3.8) is 0 Å². The number of aryl methyl sites for hydroxylation is 1. The van der Waals surface area contributed by atoms with Gasteiger partial charge in [0.15, 0.2) is 0 Å². The van der Waals surface area contributed by atoms with Crippen molar-refractivity contribution in [1.29, 1.82) is 0 Å². The molecule has 2 aromatic carbocycles. The van der Waals surface area contributed by atoms with Crippen molar-refractivity contribution in [2.45, 2.75) is 57.5 Å². The second-order valence-electron chi connectivity index (χ2n) is 8.23. The predicted molar refractivity (Wildman–Crippen MR) is 102 cm³/mol. The van der Waals surface area contributed by atoms with Crippen molar-refractivity contribution in [2.75, 3.05) is 6.54 Å². The summed E-state index contributed by atoms with van der Waals surface area (Å²) < 4.78 is 0. The first-order valence-electron chi connectivity index (χ1n) is 9.03. The Labute approximate surface area is 146 Å². The lowest BCUT2D eigenvalue weighted by molar-refractivity contribution is 0.291. The first-order chi connectivity index (χ1) is 11.4. The summed E-state index contributed by atoms with van der Waals surface area (Å²) >= 11 is 0. The van der Waals surface area contributed by atoms with Crippen LogP contribution < -0.4 is 11.1 Å². The van der Waals surface area contributed by atoms with Crippen LogP contribution in [0.15, 0.2) is 48.5 Å². The van der Waals surface area contributed by atoms with Crippen LogP contribution in [0.2, 0.25) is 0 Å². The van der Waals surface area contributed by atoms with Gasteiger partial charge in [0.1, 0.15) is 0 Å². The van der Waals surface area contributed by atoms with Crippen LogP contribution in [0.25, 0.3) is 0 Å². The topological polar surface area (TPSA) is 38.0 Å². The van der Waals surface area contributed by atoms with E-state index in [1.54, 1.807) is 0 Å². The molecule has 0 radical (unpaired) electrons. The zero-order valence-electron chi connectivity index (χ0n) is 15.2. The quantitative estimate of drug-likeness (QED) is 0.894. The monoisotopic (exact) mass is 322 g/mol. The molecule has 0 aromatic heterocycles. The summed E-state index contributed by atoms with van der Waals surface area (Å²) in [7, 11) is 0. The van der Waals surface area contributed by atoms with Gasteiger partial charge in [0.05, 0.1) is 0 Å². The van der Waals surface area contributed by atoms with Crippen LogP contribution in [0, 0.1) is 0 Å². The molecule has 3 rings (SSSR count). The summed E-state index contributed by atoms with van der Waals surface area (Å²) in [4.78, 5) is 0. The number of hydrogen-bond donors (Lipinski definition) is 2. The van der Waals surface area contributed by atoms with E-state index in [0.29, 0.717) is 6.54 Å². The van der Waals surface area contributed by atoms with E-state index < -0.39 is 0 Å². The average molecular weight is 322 g/mol. The lowest BCUT2D eigenvalue weighted by atomic mass is 9.75. The van der Waals surface area contributed by atoms with Crippen LogP contribution in [-0.4, -0.2) is 12.1 Å². The Bertz CT molecular complexity index is 685. The van der Waals surface area contributed by atoms with Gasteiger partial charge in [0, 0.05) is 18.6 Å². The van der Waals surface area contributed by atoms with Gasteiger partial charge in [-0.15, -0.1) is 0 Å². The number of hydrogen-bond acceptors (Lipinski definition) is 2. The molecular weight excluding hydrogens is 292 g/mol. The fourth-order valence-corrected chi connectivity index (χ4v) is 3.61. The molecule has 2 heteroatoms. The fraction of sp³-hybridized carbons (Fsp3) is 0.455. The van der Waals surface area contributed by atoms with E-state index in [0.717, 1.165) is 25.8 Å². The molecule has 1 aliphatic carbocycles. The maximum absolute atomic E-state index is 6.22. The van der Waals surface area contributed by atoms with Crippen molar-refractivity contribution < 1.29 is 0 Å². The van der Waals surface area contributed by atoms with Crippen molar-refractivity contribution >= 4 is 0 Å². The van der Waals surface area contributed by atoms with E-state index in [4.69, 9.17) is 5.73 Å². The second kappa shape index (κ2) is 6.70. The lowest BCUT2D eigenvalue weighted by Crippen LogP contribution is -2.54. The highest BCUT2D eigenvalue weighted by atomic mass is 15.0. The molecule has 128 valence electrons. The zero-order valence-corrected chi connectivity index (χ0v) is 15.2. The standard InChI is InChI=1S/C22H30N2/c1-21(2,3)20-10-9-18-11-12-22(16-23,14-19(18)13-20)24-15-17-7-5-4-6-8-17/h4-10,13,24H,11-12,14-16,23H2,1-3H3. The fourth-order valence-electron chi connectivity index (χ4n) is 3.61. The molecule has 0 saturated carbocycles. The maximum Gasteiger partial charge on any atom is 0.0350 e. The molecule has 0 heterocycles. The van der Waals surface area contributed by atoms with E-state index in [-0.39, 0.29) is 11.0 Å². The van der Waals surface area contributed by atoms with Crippen LogP contribution in [-0.2, 0) is 24.8 Å². The minimum atomic E-state index is 0.0132. The van der Waals surface area contributed by atoms with Gasteiger partial charge >= 0.3 is 0 Å². The predicted octanol–water partition coefficient (Wildman–Crippen LogP) is 3.96. The summed E-state index contributed by atoms with van der Waals surface area (Å²) in [5.74, 6) is 0. The lowest BCUT2D eigenvalue weighted by Gasteiger charge is -2.39. The van der Waals surface area contributed by atoms with Gasteiger partial charge < -0.3 is 11.1 Å². The van der Waals surface area contributed by atoms with Crippen molar-refractivity contribution in [3.05, 3.63) is 70.8 Å². The van der Waals surface area contributed by atoms with E-state index in [1.165, 1.54) is 22.3 Å². The molecule has 24 heavy (non-hydrogen) atoms. The smallest absolute Gasteiger partial charge is 0.0350 e. The van der Waals surface area contributed by atoms with Crippen LogP contribution in [0.4, 0.5) is 0 Å². The summed E-state index contributed by atoms with van der Waals surface area (Å²) in [5.41, 5.74) is 12.1. The van der Waals surface area contributed by atoms with Crippen molar-refractivity contribution in [2.24, 2.45) is 5.73 Å². The van der Waals surface area contributed by atoms with Gasteiger partial charge in [-0.3, -0.25) is 0 Å². The molecule has 0 amide bonds. The van der Waals surface area contributed by atoms with Gasteiger partial charge in [0.2, 0.25) is 0 Å². The Morgan fingerprint density at radius 3 is 2.46 bits per heavy atom.